The Hall–Kier alpha value is -4.07. The minimum absolute atomic E-state index is 0.343. The first-order valence-corrected chi connectivity index (χ1v) is 9.93. The summed E-state index contributed by atoms with van der Waals surface area (Å²) in [5.41, 5.74) is 0.978. The zero-order valence-corrected chi connectivity index (χ0v) is 17.2. The van der Waals surface area contributed by atoms with E-state index in [1.807, 2.05) is 41.0 Å². The van der Waals surface area contributed by atoms with Gasteiger partial charge in [-0.15, -0.1) is 0 Å². The van der Waals surface area contributed by atoms with Crippen LogP contribution in [-0.4, -0.2) is 18.7 Å². The van der Waals surface area contributed by atoms with Gasteiger partial charge in [0.05, 0.1) is 19.4 Å². The van der Waals surface area contributed by atoms with Gasteiger partial charge in [-0.3, -0.25) is 18.5 Å². The van der Waals surface area contributed by atoms with Crippen LogP contribution in [0.15, 0.2) is 74.9 Å². The highest BCUT2D eigenvalue weighted by Gasteiger charge is 2.20. The monoisotopic (exact) mass is 415 g/mol. The van der Waals surface area contributed by atoms with Gasteiger partial charge < -0.3 is 9.73 Å². The molecule has 5 rings (SSSR count). The van der Waals surface area contributed by atoms with Crippen molar-refractivity contribution in [3.63, 3.8) is 0 Å². The lowest BCUT2D eigenvalue weighted by atomic mass is 10.0. The molecule has 2 aromatic carbocycles. The summed E-state index contributed by atoms with van der Waals surface area (Å²) in [6, 6.07) is 17.9. The summed E-state index contributed by atoms with van der Waals surface area (Å²) in [5, 5.41) is 5.48. The van der Waals surface area contributed by atoms with E-state index in [9.17, 15) is 9.59 Å². The van der Waals surface area contributed by atoms with E-state index in [0.29, 0.717) is 30.2 Å². The average molecular weight is 415 g/mol. The summed E-state index contributed by atoms with van der Waals surface area (Å²) in [6.45, 7) is 0.825. The number of aromatic nitrogens is 4. The molecule has 0 aliphatic rings. The minimum Gasteiger partial charge on any atom is -0.467 e. The number of hydrogen-bond acceptors (Lipinski definition) is 5. The lowest BCUT2D eigenvalue weighted by Gasteiger charge is -2.12. The molecule has 0 atom stereocenters. The van der Waals surface area contributed by atoms with Crippen molar-refractivity contribution in [2.75, 3.05) is 5.32 Å². The first-order valence-electron chi connectivity index (χ1n) is 9.93. The average Bonchev–Trinajstić information content (AvgIpc) is 3.43. The first kappa shape index (κ1) is 18.9. The van der Waals surface area contributed by atoms with Crippen LogP contribution < -0.4 is 16.6 Å². The largest absolute Gasteiger partial charge is 0.467 e. The second-order valence-corrected chi connectivity index (χ2v) is 7.47. The van der Waals surface area contributed by atoms with E-state index in [2.05, 4.69) is 28.5 Å². The molecule has 0 saturated carbocycles. The molecule has 0 radical (unpaired) electrons. The maximum atomic E-state index is 13.1. The van der Waals surface area contributed by atoms with Crippen molar-refractivity contribution in [1.82, 2.24) is 18.7 Å². The van der Waals surface area contributed by atoms with Gasteiger partial charge in [0.2, 0.25) is 5.95 Å². The van der Waals surface area contributed by atoms with Gasteiger partial charge in [0, 0.05) is 14.1 Å². The maximum Gasteiger partial charge on any atom is 0.332 e. The van der Waals surface area contributed by atoms with E-state index < -0.39 is 5.69 Å². The van der Waals surface area contributed by atoms with Gasteiger partial charge in [-0.05, 0) is 28.5 Å². The number of benzene rings is 2. The molecule has 0 aliphatic carbocycles. The summed E-state index contributed by atoms with van der Waals surface area (Å²) in [7, 11) is 3.10. The molecule has 8 heteroatoms. The minimum atomic E-state index is -0.412. The number of hydrogen-bond donors (Lipinski definition) is 1. The molecule has 0 unspecified atom stereocenters. The Balaban J connectivity index is 1.71. The van der Waals surface area contributed by atoms with Crippen molar-refractivity contribution in [3.8, 4) is 0 Å². The van der Waals surface area contributed by atoms with E-state index in [1.165, 1.54) is 11.6 Å². The van der Waals surface area contributed by atoms with E-state index in [1.54, 1.807) is 13.3 Å². The van der Waals surface area contributed by atoms with Crippen molar-refractivity contribution in [2.45, 2.75) is 13.1 Å². The molecule has 0 saturated heterocycles. The molecule has 3 aromatic heterocycles. The van der Waals surface area contributed by atoms with E-state index in [0.717, 1.165) is 26.7 Å². The van der Waals surface area contributed by atoms with Gasteiger partial charge in [0.25, 0.3) is 5.56 Å². The van der Waals surface area contributed by atoms with Crippen molar-refractivity contribution < 1.29 is 4.42 Å². The zero-order valence-electron chi connectivity index (χ0n) is 17.2. The van der Waals surface area contributed by atoms with Crippen molar-refractivity contribution >= 4 is 27.9 Å². The highest BCUT2D eigenvalue weighted by Crippen LogP contribution is 2.23. The van der Waals surface area contributed by atoms with Crippen LogP contribution in [0.3, 0.4) is 0 Å². The maximum absolute atomic E-state index is 13.1. The van der Waals surface area contributed by atoms with Crippen LogP contribution >= 0.6 is 0 Å². The summed E-state index contributed by atoms with van der Waals surface area (Å²) >= 11 is 0. The molecule has 0 amide bonds. The SMILES string of the molecule is Cn1c(=O)c2c(nc(NCc3ccco3)n2Cc2cccc3ccccc23)n(C)c1=O. The number of fused-ring (bicyclic) bond motifs is 2. The number of anilines is 1. The second kappa shape index (κ2) is 7.32. The third-order valence-corrected chi connectivity index (χ3v) is 5.56. The van der Waals surface area contributed by atoms with Crippen LogP contribution in [-0.2, 0) is 27.2 Å². The third kappa shape index (κ3) is 3.13. The Kier molecular flexibility index (Phi) is 4.47. The molecule has 8 nitrogen and oxygen atoms in total. The number of nitrogens with one attached hydrogen (secondary N) is 1. The predicted molar refractivity (Wildman–Crippen MR) is 119 cm³/mol. The van der Waals surface area contributed by atoms with Gasteiger partial charge in [-0.2, -0.15) is 4.98 Å². The molecule has 0 bridgehead atoms. The van der Waals surface area contributed by atoms with Crippen LogP contribution in [0.25, 0.3) is 21.9 Å². The lowest BCUT2D eigenvalue weighted by Crippen LogP contribution is -2.37. The number of furan rings is 1. The molecular weight excluding hydrogens is 394 g/mol. The lowest BCUT2D eigenvalue weighted by molar-refractivity contribution is 0.517. The predicted octanol–water partition coefficient (Wildman–Crippen LogP) is 2.84. The molecule has 3 heterocycles. The molecule has 31 heavy (non-hydrogen) atoms. The van der Waals surface area contributed by atoms with Crippen LogP contribution in [0.4, 0.5) is 5.95 Å². The zero-order chi connectivity index (χ0) is 21.5. The van der Waals surface area contributed by atoms with Crippen LogP contribution in [0, 0.1) is 0 Å². The van der Waals surface area contributed by atoms with Crippen LogP contribution in [0.5, 0.6) is 0 Å². The fourth-order valence-electron chi connectivity index (χ4n) is 3.92. The molecule has 156 valence electrons. The molecular formula is C23H21N5O3. The van der Waals surface area contributed by atoms with Gasteiger partial charge in [-0.1, -0.05) is 42.5 Å². The van der Waals surface area contributed by atoms with Gasteiger partial charge in [0.1, 0.15) is 5.76 Å². The molecule has 0 fully saturated rings. The summed E-state index contributed by atoms with van der Waals surface area (Å²) in [5.74, 6) is 1.24. The van der Waals surface area contributed by atoms with E-state index >= 15 is 0 Å². The van der Waals surface area contributed by atoms with Gasteiger partial charge >= 0.3 is 5.69 Å². The van der Waals surface area contributed by atoms with Crippen molar-refractivity contribution in [3.05, 3.63) is 93.0 Å². The highest BCUT2D eigenvalue weighted by atomic mass is 16.3. The fourth-order valence-corrected chi connectivity index (χ4v) is 3.92. The number of aryl methyl sites for hydroxylation is 1. The van der Waals surface area contributed by atoms with Crippen molar-refractivity contribution in [2.24, 2.45) is 14.1 Å². The number of nitrogens with zero attached hydrogens (tertiary/aromatic N) is 4. The Morgan fingerprint density at radius 2 is 1.77 bits per heavy atom. The standard InChI is InChI=1S/C23H21N5O3/c1-26-20-19(21(29)27(2)23(26)30)28(22(25-20)24-13-17-10-6-12-31-17)14-16-9-5-8-15-7-3-4-11-18(15)16/h3-12H,13-14H2,1-2H3,(H,24,25). The van der Waals surface area contributed by atoms with Crippen LogP contribution in [0.2, 0.25) is 0 Å². The topological polar surface area (TPSA) is 87.0 Å². The Labute approximate surface area is 177 Å². The van der Waals surface area contributed by atoms with E-state index in [4.69, 9.17) is 4.42 Å². The molecule has 0 spiro atoms. The smallest absolute Gasteiger partial charge is 0.332 e. The Bertz CT molecular complexity index is 1520. The van der Waals surface area contributed by atoms with Gasteiger partial charge in [0.15, 0.2) is 11.2 Å². The normalized spacial score (nSPS) is 11.4. The fraction of sp³-hybridized carbons (Fsp3) is 0.174. The molecule has 5 aromatic rings. The van der Waals surface area contributed by atoms with Crippen molar-refractivity contribution in [1.29, 1.82) is 0 Å². The second-order valence-electron chi connectivity index (χ2n) is 7.47. The van der Waals surface area contributed by atoms with E-state index in [-0.39, 0.29) is 5.56 Å². The van der Waals surface area contributed by atoms with Gasteiger partial charge in [-0.25, -0.2) is 4.79 Å². The molecule has 0 aliphatic heterocycles. The Morgan fingerprint density at radius 3 is 2.58 bits per heavy atom. The third-order valence-electron chi connectivity index (χ3n) is 5.56. The molecule has 1 N–H and O–H groups in total. The highest BCUT2D eigenvalue weighted by molar-refractivity contribution is 5.86. The summed E-state index contributed by atoms with van der Waals surface area (Å²) < 4.78 is 9.75. The Morgan fingerprint density at radius 1 is 0.968 bits per heavy atom. The summed E-state index contributed by atoms with van der Waals surface area (Å²) in [4.78, 5) is 30.1. The number of rotatable bonds is 5. The quantitative estimate of drug-likeness (QED) is 0.477. The first-order chi connectivity index (χ1) is 15.0. The number of imidazole rings is 1. The summed E-state index contributed by atoms with van der Waals surface area (Å²) in [6.07, 6.45) is 1.61. The van der Waals surface area contributed by atoms with Crippen LogP contribution in [0.1, 0.15) is 11.3 Å².